The molecule has 5 heteroatoms. The fourth-order valence-electron chi connectivity index (χ4n) is 2.37. The van der Waals surface area contributed by atoms with E-state index in [4.69, 9.17) is 5.73 Å². The number of hydrogen-bond acceptors (Lipinski definition) is 2. The van der Waals surface area contributed by atoms with Gasteiger partial charge in [-0.15, -0.1) is 0 Å². The molecule has 5 nitrogen and oxygen atoms in total. The second-order valence-corrected chi connectivity index (χ2v) is 4.89. The Labute approximate surface area is 112 Å². The molecule has 1 aliphatic carbocycles. The van der Waals surface area contributed by atoms with E-state index in [1.54, 1.807) is 12.1 Å². The van der Waals surface area contributed by atoms with Crippen molar-refractivity contribution in [2.45, 2.75) is 32.2 Å². The first-order valence-electron chi connectivity index (χ1n) is 6.58. The summed E-state index contributed by atoms with van der Waals surface area (Å²) in [5.41, 5.74) is 6.68. The number of anilines is 1. The van der Waals surface area contributed by atoms with Crippen LogP contribution in [0.1, 0.15) is 31.2 Å². The van der Waals surface area contributed by atoms with Gasteiger partial charge in [0, 0.05) is 18.2 Å². The zero-order valence-corrected chi connectivity index (χ0v) is 10.8. The molecule has 1 aliphatic rings. The lowest BCUT2D eigenvalue weighted by Gasteiger charge is -2.10. The maximum atomic E-state index is 11.8. The highest BCUT2D eigenvalue weighted by Gasteiger charge is 2.21. The number of nitrogens with one attached hydrogen (secondary N) is 2. The first kappa shape index (κ1) is 13.4. The lowest BCUT2D eigenvalue weighted by Crippen LogP contribution is -2.28. The summed E-state index contributed by atoms with van der Waals surface area (Å²) in [6.07, 6.45) is 4.33. The number of nitrogens with two attached hydrogens (primary N) is 1. The summed E-state index contributed by atoms with van der Waals surface area (Å²) < 4.78 is 0. The van der Waals surface area contributed by atoms with Crippen LogP contribution in [0.4, 0.5) is 10.5 Å². The van der Waals surface area contributed by atoms with Crippen molar-refractivity contribution in [2.24, 2.45) is 11.7 Å². The van der Waals surface area contributed by atoms with Crippen LogP contribution in [0.2, 0.25) is 0 Å². The van der Waals surface area contributed by atoms with Gasteiger partial charge in [0.05, 0.1) is 0 Å². The molecule has 0 spiro atoms. The average Bonchev–Trinajstić information content (AvgIpc) is 2.91. The molecule has 0 aliphatic heterocycles. The Bertz CT molecular complexity index is 450. The molecule has 1 saturated carbocycles. The number of carbonyl (C=O) groups is 2. The molecule has 0 radical (unpaired) electrons. The van der Waals surface area contributed by atoms with E-state index in [-0.39, 0.29) is 11.8 Å². The molecule has 0 saturated heterocycles. The van der Waals surface area contributed by atoms with Gasteiger partial charge < -0.3 is 16.4 Å². The van der Waals surface area contributed by atoms with E-state index in [2.05, 4.69) is 10.6 Å². The molecule has 102 valence electrons. The third-order valence-corrected chi connectivity index (χ3v) is 3.41. The van der Waals surface area contributed by atoms with Crippen LogP contribution in [0.25, 0.3) is 0 Å². The Balaban J connectivity index is 1.82. The van der Waals surface area contributed by atoms with Crippen molar-refractivity contribution in [1.82, 2.24) is 5.32 Å². The lowest BCUT2D eigenvalue weighted by atomic mass is 10.1. The molecule has 0 atom stereocenters. The quantitative estimate of drug-likeness (QED) is 0.774. The Morgan fingerprint density at radius 2 is 1.79 bits per heavy atom. The van der Waals surface area contributed by atoms with E-state index in [9.17, 15) is 9.59 Å². The largest absolute Gasteiger partial charge is 0.352 e. The molecular weight excluding hydrogens is 242 g/mol. The van der Waals surface area contributed by atoms with Crippen LogP contribution in [0.15, 0.2) is 24.3 Å². The molecular formula is C14H19N3O2. The minimum absolute atomic E-state index is 0.150. The van der Waals surface area contributed by atoms with Crippen molar-refractivity contribution in [3.8, 4) is 0 Å². The summed E-state index contributed by atoms with van der Waals surface area (Å²) in [7, 11) is 0. The summed E-state index contributed by atoms with van der Waals surface area (Å²) in [4.78, 5) is 22.5. The van der Waals surface area contributed by atoms with E-state index >= 15 is 0 Å². The number of primary amides is 1. The summed E-state index contributed by atoms with van der Waals surface area (Å²) >= 11 is 0. The molecule has 1 fully saturated rings. The van der Waals surface area contributed by atoms with Crippen molar-refractivity contribution in [1.29, 1.82) is 0 Å². The van der Waals surface area contributed by atoms with Crippen molar-refractivity contribution in [3.05, 3.63) is 29.8 Å². The first-order valence-corrected chi connectivity index (χ1v) is 6.58. The molecule has 19 heavy (non-hydrogen) atoms. The topological polar surface area (TPSA) is 84.2 Å². The van der Waals surface area contributed by atoms with Gasteiger partial charge in [0.1, 0.15) is 0 Å². The number of amides is 3. The molecule has 1 aromatic rings. The minimum Gasteiger partial charge on any atom is -0.352 e. The third-order valence-electron chi connectivity index (χ3n) is 3.41. The number of rotatable bonds is 4. The van der Waals surface area contributed by atoms with Crippen molar-refractivity contribution in [3.63, 3.8) is 0 Å². The number of urea groups is 1. The predicted octanol–water partition coefficient (Wildman–Crippen LogP) is 1.98. The van der Waals surface area contributed by atoms with Crippen LogP contribution in [-0.2, 0) is 11.3 Å². The summed E-state index contributed by atoms with van der Waals surface area (Å²) in [5.74, 6) is 0.340. The second kappa shape index (κ2) is 6.22. The number of hydrogen-bond donors (Lipinski definition) is 3. The molecule has 0 heterocycles. The van der Waals surface area contributed by atoms with Gasteiger partial charge in [-0.05, 0) is 30.5 Å². The third kappa shape index (κ3) is 3.98. The Morgan fingerprint density at radius 1 is 1.16 bits per heavy atom. The fraction of sp³-hybridized carbons (Fsp3) is 0.429. The number of benzene rings is 1. The molecule has 0 unspecified atom stereocenters. The van der Waals surface area contributed by atoms with Crippen molar-refractivity contribution >= 4 is 17.6 Å². The first-order chi connectivity index (χ1) is 9.15. The van der Waals surface area contributed by atoms with Crippen LogP contribution in [0.5, 0.6) is 0 Å². The average molecular weight is 261 g/mol. The van der Waals surface area contributed by atoms with Gasteiger partial charge in [-0.25, -0.2) is 4.79 Å². The van der Waals surface area contributed by atoms with Gasteiger partial charge in [0.2, 0.25) is 5.91 Å². The Morgan fingerprint density at radius 3 is 2.37 bits per heavy atom. The van der Waals surface area contributed by atoms with E-state index in [1.807, 2.05) is 12.1 Å². The van der Waals surface area contributed by atoms with E-state index in [0.717, 1.165) is 31.2 Å². The van der Waals surface area contributed by atoms with E-state index < -0.39 is 6.03 Å². The Kier molecular flexibility index (Phi) is 4.39. The molecule has 1 aromatic carbocycles. The minimum atomic E-state index is -0.581. The normalized spacial score (nSPS) is 15.2. The summed E-state index contributed by atoms with van der Waals surface area (Å²) in [5, 5.41) is 5.44. The maximum Gasteiger partial charge on any atom is 0.316 e. The highest BCUT2D eigenvalue weighted by Crippen LogP contribution is 2.24. The zero-order valence-electron chi connectivity index (χ0n) is 10.8. The van der Waals surface area contributed by atoms with Crippen LogP contribution in [0.3, 0.4) is 0 Å². The summed E-state index contributed by atoms with van der Waals surface area (Å²) in [6, 6.07) is 6.67. The van der Waals surface area contributed by atoms with E-state index in [1.165, 1.54) is 0 Å². The monoisotopic (exact) mass is 261 g/mol. The summed E-state index contributed by atoms with van der Waals surface area (Å²) in [6.45, 7) is 0.520. The van der Waals surface area contributed by atoms with Gasteiger partial charge in [-0.3, -0.25) is 4.79 Å². The molecule has 0 aromatic heterocycles. The Hall–Kier alpha value is -2.04. The van der Waals surface area contributed by atoms with Crippen LogP contribution in [-0.4, -0.2) is 11.9 Å². The lowest BCUT2D eigenvalue weighted by molar-refractivity contribution is -0.124. The standard InChI is InChI=1S/C14H19N3O2/c15-14(19)17-12-7-5-10(6-8-12)9-16-13(18)11-3-1-2-4-11/h5-8,11H,1-4,9H2,(H,16,18)(H3,15,17,19). The van der Waals surface area contributed by atoms with Crippen LogP contribution in [0, 0.1) is 5.92 Å². The van der Waals surface area contributed by atoms with Crippen LogP contribution < -0.4 is 16.4 Å². The molecule has 2 rings (SSSR count). The molecule has 4 N–H and O–H groups in total. The predicted molar refractivity (Wildman–Crippen MR) is 73.5 cm³/mol. The van der Waals surface area contributed by atoms with Gasteiger partial charge in [0.15, 0.2) is 0 Å². The van der Waals surface area contributed by atoms with Crippen molar-refractivity contribution in [2.75, 3.05) is 5.32 Å². The second-order valence-electron chi connectivity index (χ2n) is 4.89. The fourth-order valence-corrected chi connectivity index (χ4v) is 2.37. The smallest absolute Gasteiger partial charge is 0.316 e. The van der Waals surface area contributed by atoms with Crippen molar-refractivity contribution < 1.29 is 9.59 Å². The van der Waals surface area contributed by atoms with Gasteiger partial charge in [0.25, 0.3) is 0 Å². The number of carbonyl (C=O) groups excluding carboxylic acids is 2. The highest BCUT2D eigenvalue weighted by atomic mass is 16.2. The van der Waals surface area contributed by atoms with Gasteiger partial charge in [-0.1, -0.05) is 25.0 Å². The van der Waals surface area contributed by atoms with Gasteiger partial charge in [-0.2, -0.15) is 0 Å². The highest BCUT2D eigenvalue weighted by molar-refractivity contribution is 5.87. The SMILES string of the molecule is NC(=O)Nc1ccc(CNC(=O)C2CCCC2)cc1. The molecule has 0 bridgehead atoms. The zero-order chi connectivity index (χ0) is 13.7. The molecule has 3 amide bonds. The van der Waals surface area contributed by atoms with Crippen LogP contribution >= 0.6 is 0 Å². The van der Waals surface area contributed by atoms with Gasteiger partial charge >= 0.3 is 6.03 Å². The maximum absolute atomic E-state index is 11.8. The van der Waals surface area contributed by atoms with E-state index in [0.29, 0.717) is 12.2 Å².